The fourth-order valence-corrected chi connectivity index (χ4v) is 2.22. The molecule has 0 aliphatic carbocycles. The first-order valence-electron chi connectivity index (χ1n) is 6.01. The van der Waals surface area contributed by atoms with Crippen LogP contribution in [0.25, 0.3) is 0 Å². The molecular formula is C13H16N2O3. The first-order chi connectivity index (χ1) is 8.63. The average molecular weight is 248 g/mol. The number of hydrogen-bond acceptors (Lipinski definition) is 3. The number of para-hydroxylation sites is 2. The maximum absolute atomic E-state index is 11.6. The fourth-order valence-electron chi connectivity index (χ4n) is 2.22. The van der Waals surface area contributed by atoms with E-state index in [4.69, 9.17) is 0 Å². The van der Waals surface area contributed by atoms with Gasteiger partial charge in [-0.3, -0.25) is 4.79 Å². The van der Waals surface area contributed by atoms with Crippen LogP contribution in [0, 0.1) is 0 Å². The van der Waals surface area contributed by atoms with Gasteiger partial charge in [0.05, 0.1) is 17.9 Å². The third kappa shape index (κ3) is 2.30. The number of carbonyl (C=O) groups excluding carboxylic acids is 1. The SMILES string of the molecule is CCCC(C(=O)O)N1CC(=O)Nc2ccccc21. The molecule has 0 saturated carbocycles. The van der Waals surface area contributed by atoms with E-state index in [-0.39, 0.29) is 12.5 Å². The third-order valence-corrected chi connectivity index (χ3v) is 3.02. The van der Waals surface area contributed by atoms with Gasteiger partial charge in [0.1, 0.15) is 6.04 Å². The number of rotatable bonds is 4. The van der Waals surface area contributed by atoms with Crippen LogP contribution in [0.1, 0.15) is 19.8 Å². The van der Waals surface area contributed by atoms with E-state index in [1.54, 1.807) is 11.0 Å². The van der Waals surface area contributed by atoms with Crippen molar-refractivity contribution in [3.05, 3.63) is 24.3 Å². The van der Waals surface area contributed by atoms with Gasteiger partial charge < -0.3 is 15.3 Å². The average Bonchev–Trinajstić information content (AvgIpc) is 2.34. The Bertz CT molecular complexity index is 473. The predicted octanol–water partition coefficient (Wildman–Crippen LogP) is 1.70. The van der Waals surface area contributed by atoms with Gasteiger partial charge in [0, 0.05) is 0 Å². The Kier molecular flexibility index (Phi) is 3.50. The minimum atomic E-state index is -0.888. The van der Waals surface area contributed by atoms with Gasteiger partial charge in [-0.25, -0.2) is 4.79 Å². The summed E-state index contributed by atoms with van der Waals surface area (Å²) in [4.78, 5) is 24.6. The summed E-state index contributed by atoms with van der Waals surface area (Å²) in [6, 6.07) is 6.62. The van der Waals surface area contributed by atoms with E-state index >= 15 is 0 Å². The van der Waals surface area contributed by atoms with Crippen LogP contribution in [0.4, 0.5) is 11.4 Å². The number of aliphatic carboxylic acids is 1. The van der Waals surface area contributed by atoms with Crippen molar-refractivity contribution in [3.8, 4) is 0 Å². The number of carboxylic acids is 1. The number of nitrogens with one attached hydrogen (secondary N) is 1. The zero-order chi connectivity index (χ0) is 13.1. The second kappa shape index (κ2) is 5.08. The minimum Gasteiger partial charge on any atom is -0.480 e. The van der Waals surface area contributed by atoms with Crippen molar-refractivity contribution in [2.24, 2.45) is 0 Å². The van der Waals surface area contributed by atoms with Gasteiger partial charge in [-0.2, -0.15) is 0 Å². The Balaban J connectivity index is 2.37. The number of benzene rings is 1. The summed E-state index contributed by atoms with van der Waals surface area (Å²) in [5, 5.41) is 12.0. The topological polar surface area (TPSA) is 69.6 Å². The number of carboxylic acid groups (broad SMARTS) is 1. The van der Waals surface area contributed by atoms with Crippen molar-refractivity contribution in [1.29, 1.82) is 0 Å². The summed E-state index contributed by atoms with van der Waals surface area (Å²) in [6.07, 6.45) is 1.29. The van der Waals surface area contributed by atoms with Crippen molar-refractivity contribution in [2.45, 2.75) is 25.8 Å². The molecule has 2 rings (SSSR count). The van der Waals surface area contributed by atoms with Gasteiger partial charge in [-0.15, -0.1) is 0 Å². The van der Waals surface area contributed by atoms with Crippen LogP contribution in [0.5, 0.6) is 0 Å². The van der Waals surface area contributed by atoms with E-state index in [1.165, 1.54) is 0 Å². The summed E-state index contributed by atoms with van der Waals surface area (Å²) in [7, 11) is 0. The molecule has 0 fully saturated rings. The van der Waals surface area contributed by atoms with Crippen LogP contribution in [-0.2, 0) is 9.59 Å². The minimum absolute atomic E-state index is 0.0912. The molecule has 1 unspecified atom stereocenters. The molecule has 1 heterocycles. The zero-order valence-corrected chi connectivity index (χ0v) is 10.2. The molecule has 1 aromatic carbocycles. The second-order valence-electron chi connectivity index (χ2n) is 4.34. The summed E-state index contributed by atoms with van der Waals surface area (Å²) in [6.45, 7) is 2.03. The van der Waals surface area contributed by atoms with Crippen LogP contribution in [0.2, 0.25) is 0 Å². The van der Waals surface area contributed by atoms with Gasteiger partial charge in [0.15, 0.2) is 0 Å². The highest BCUT2D eigenvalue weighted by molar-refractivity contribution is 6.02. The molecule has 0 spiro atoms. The summed E-state index contributed by atoms with van der Waals surface area (Å²) in [5.41, 5.74) is 1.45. The first-order valence-corrected chi connectivity index (χ1v) is 6.01. The molecule has 1 amide bonds. The maximum atomic E-state index is 11.6. The number of anilines is 2. The van der Waals surface area contributed by atoms with Crippen molar-refractivity contribution >= 4 is 23.3 Å². The molecule has 0 radical (unpaired) electrons. The van der Waals surface area contributed by atoms with Crippen molar-refractivity contribution in [1.82, 2.24) is 0 Å². The highest BCUT2D eigenvalue weighted by Crippen LogP contribution is 2.31. The first kappa shape index (κ1) is 12.4. The Hall–Kier alpha value is -2.04. The molecule has 5 nitrogen and oxygen atoms in total. The van der Waals surface area contributed by atoms with Gasteiger partial charge in [-0.05, 0) is 18.6 Å². The third-order valence-electron chi connectivity index (χ3n) is 3.02. The largest absolute Gasteiger partial charge is 0.480 e. The quantitative estimate of drug-likeness (QED) is 0.850. The number of carbonyl (C=O) groups is 2. The van der Waals surface area contributed by atoms with Crippen LogP contribution in [0.3, 0.4) is 0 Å². The monoisotopic (exact) mass is 248 g/mol. The lowest BCUT2D eigenvalue weighted by molar-refractivity contribution is -0.138. The van der Waals surface area contributed by atoms with Crippen molar-refractivity contribution in [2.75, 3.05) is 16.8 Å². The Morgan fingerprint density at radius 1 is 1.50 bits per heavy atom. The van der Waals surface area contributed by atoms with E-state index in [0.29, 0.717) is 12.1 Å². The number of amides is 1. The van der Waals surface area contributed by atoms with E-state index in [9.17, 15) is 14.7 Å². The lowest BCUT2D eigenvalue weighted by Crippen LogP contribution is -2.48. The smallest absolute Gasteiger partial charge is 0.326 e. The molecule has 1 aliphatic heterocycles. The molecule has 2 N–H and O–H groups in total. The molecule has 96 valence electrons. The van der Waals surface area contributed by atoms with Crippen LogP contribution in [-0.4, -0.2) is 29.6 Å². The van der Waals surface area contributed by atoms with E-state index in [1.807, 2.05) is 25.1 Å². The van der Waals surface area contributed by atoms with Crippen LogP contribution >= 0.6 is 0 Å². The second-order valence-corrected chi connectivity index (χ2v) is 4.34. The number of nitrogens with zero attached hydrogens (tertiary/aromatic N) is 1. The van der Waals surface area contributed by atoms with E-state index in [0.717, 1.165) is 12.1 Å². The molecule has 18 heavy (non-hydrogen) atoms. The maximum Gasteiger partial charge on any atom is 0.326 e. The molecule has 1 atom stereocenters. The molecule has 0 bridgehead atoms. The Morgan fingerprint density at radius 2 is 2.22 bits per heavy atom. The van der Waals surface area contributed by atoms with Gasteiger partial charge in [0.25, 0.3) is 0 Å². The van der Waals surface area contributed by atoms with E-state index < -0.39 is 12.0 Å². The highest BCUT2D eigenvalue weighted by atomic mass is 16.4. The van der Waals surface area contributed by atoms with Gasteiger partial charge in [-0.1, -0.05) is 25.5 Å². The Morgan fingerprint density at radius 3 is 2.89 bits per heavy atom. The van der Waals surface area contributed by atoms with E-state index in [2.05, 4.69) is 5.32 Å². The lowest BCUT2D eigenvalue weighted by atomic mass is 10.1. The molecule has 1 aromatic rings. The molecular weight excluding hydrogens is 232 g/mol. The van der Waals surface area contributed by atoms with Gasteiger partial charge >= 0.3 is 5.97 Å². The summed E-state index contributed by atoms with van der Waals surface area (Å²) < 4.78 is 0. The molecule has 0 aromatic heterocycles. The van der Waals surface area contributed by atoms with Gasteiger partial charge in [0.2, 0.25) is 5.91 Å². The number of fused-ring (bicyclic) bond motifs is 1. The lowest BCUT2D eigenvalue weighted by Gasteiger charge is -2.35. The zero-order valence-electron chi connectivity index (χ0n) is 10.2. The number of hydrogen-bond donors (Lipinski definition) is 2. The summed E-state index contributed by atoms with van der Waals surface area (Å²) >= 11 is 0. The fraction of sp³-hybridized carbons (Fsp3) is 0.385. The molecule has 1 aliphatic rings. The normalized spacial score (nSPS) is 15.8. The standard InChI is InChI=1S/C13H16N2O3/c1-2-5-11(13(17)18)15-8-12(16)14-9-6-3-4-7-10(9)15/h3-4,6-7,11H,2,5,8H2,1H3,(H,14,16)(H,17,18). The Labute approximate surface area is 105 Å². The molecule has 0 saturated heterocycles. The molecule has 5 heteroatoms. The van der Waals surface area contributed by atoms with Crippen LogP contribution in [0.15, 0.2) is 24.3 Å². The van der Waals surface area contributed by atoms with Crippen LogP contribution < -0.4 is 10.2 Å². The predicted molar refractivity (Wildman–Crippen MR) is 68.7 cm³/mol. The van der Waals surface area contributed by atoms with Crippen molar-refractivity contribution < 1.29 is 14.7 Å². The highest BCUT2D eigenvalue weighted by Gasteiger charge is 2.31. The van der Waals surface area contributed by atoms with Crippen molar-refractivity contribution in [3.63, 3.8) is 0 Å². The summed E-state index contributed by atoms with van der Waals surface area (Å²) in [5.74, 6) is -1.06.